The van der Waals surface area contributed by atoms with Crippen molar-refractivity contribution in [2.75, 3.05) is 27.7 Å². The molecule has 0 radical (unpaired) electrons. The highest BCUT2D eigenvalue weighted by Gasteiger charge is 2.37. The smallest absolute Gasteiger partial charge is 0.281 e. The molecular formula is C23H27ClN4O3S. The summed E-state index contributed by atoms with van der Waals surface area (Å²) >= 11 is 6.14. The van der Waals surface area contributed by atoms with Crippen LogP contribution in [0.25, 0.3) is 16.9 Å². The van der Waals surface area contributed by atoms with Gasteiger partial charge in [0.1, 0.15) is 11.4 Å². The molecule has 0 fully saturated rings. The summed E-state index contributed by atoms with van der Waals surface area (Å²) in [5.74, 6) is 0.746. The molecule has 0 bridgehead atoms. The molecule has 0 unspecified atom stereocenters. The summed E-state index contributed by atoms with van der Waals surface area (Å²) in [7, 11) is 1.20. The molecule has 1 aliphatic carbocycles. The average Bonchev–Trinajstić information content (AvgIpc) is 3.32. The number of halogens is 1. The van der Waals surface area contributed by atoms with Crippen molar-refractivity contribution in [1.29, 1.82) is 0 Å². The van der Waals surface area contributed by atoms with Crippen LogP contribution in [0.15, 0.2) is 48.5 Å². The Balaban J connectivity index is 1.82. The van der Waals surface area contributed by atoms with Gasteiger partial charge in [-0.1, -0.05) is 35.9 Å². The highest BCUT2D eigenvalue weighted by Crippen LogP contribution is 2.38. The molecule has 0 N–H and O–H groups in total. The van der Waals surface area contributed by atoms with Gasteiger partial charge in [-0.2, -0.15) is 22.1 Å². The number of hydrogen-bond acceptors (Lipinski definition) is 4. The number of hydrogen-bond donors (Lipinski definition) is 0. The lowest BCUT2D eigenvalue weighted by Gasteiger charge is -2.27. The van der Waals surface area contributed by atoms with Crippen LogP contribution in [0.4, 0.5) is 0 Å². The molecule has 4 rings (SSSR count). The third-order valence-corrected chi connectivity index (χ3v) is 7.99. The molecule has 1 aromatic heterocycles. The predicted octanol–water partition coefficient (Wildman–Crippen LogP) is 3.80. The maximum absolute atomic E-state index is 12.7. The second-order valence-corrected chi connectivity index (χ2v) is 10.6. The molecule has 32 heavy (non-hydrogen) atoms. The Hall–Kier alpha value is -2.39. The summed E-state index contributed by atoms with van der Waals surface area (Å²) in [6, 6.07) is 15.2. The van der Waals surface area contributed by atoms with E-state index in [2.05, 4.69) is 0 Å². The van der Waals surface area contributed by atoms with Gasteiger partial charge in [-0.15, -0.1) is 0 Å². The van der Waals surface area contributed by atoms with Gasteiger partial charge in [-0.05, 0) is 37.6 Å². The largest absolute Gasteiger partial charge is 0.492 e. The van der Waals surface area contributed by atoms with Crippen LogP contribution in [0.5, 0.6) is 5.75 Å². The molecule has 1 heterocycles. The highest BCUT2D eigenvalue weighted by atomic mass is 35.5. The maximum atomic E-state index is 12.7. The normalized spacial score (nSPS) is 16.0. The summed E-state index contributed by atoms with van der Waals surface area (Å²) in [6.45, 7) is 2.50. The monoisotopic (exact) mass is 474 g/mol. The Morgan fingerprint density at radius 1 is 1.09 bits per heavy atom. The summed E-state index contributed by atoms with van der Waals surface area (Å²) in [4.78, 5) is 0. The molecular weight excluding hydrogens is 448 g/mol. The number of para-hydroxylation sites is 2. The highest BCUT2D eigenvalue weighted by molar-refractivity contribution is 7.86. The van der Waals surface area contributed by atoms with Crippen LogP contribution in [-0.2, 0) is 23.1 Å². The van der Waals surface area contributed by atoms with Crippen molar-refractivity contribution in [1.82, 2.24) is 18.4 Å². The minimum Gasteiger partial charge on any atom is -0.492 e. The van der Waals surface area contributed by atoms with Crippen molar-refractivity contribution >= 4 is 21.8 Å². The first-order valence-corrected chi connectivity index (χ1v) is 12.3. The van der Waals surface area contributed by atoms with Crippen molar-refractivity contribution < 1.29 is 13.2 Å². The fraction of sp³-hybridized carbons (Fsp3) is 0.348. The molecule has 9 heteroatoms. The van der Waals surface area contributed by atoms with Crippen LogP contribution < -0.4 is 4.74 Å². The second kappa shape index (κ2) is 8.86. The Labute approximate surface area is 194 Å². The van der Waals surface area contributed by atoms with Crippen LogP contribution >= 0.6 is 11.6 Å². The zero-order valence-electron chi connectivity index (χ0n) is 18.6. The molecule has 0 spiro atoms. The summed E-state index contributed by atoms with van der Waals surface area (Å²) in [5.41, 5.74) is 4.69. The third kappa shape index (κ3) is 4.03. The fourth-order valence-corrected chi connectivity index (χ4v) is 5.26. The number of likely N-dealkylation sites (N-methyl/N-ethyl adjacent to an activating group) is 1. The quantitative estimate of drug-likeness (QED) is 0.522. The lowest BCUT2D eigenvalue weighted by Crippen LogP contribution is -2.44. The van der Waals surface area contributed by atoms with Gasteiger partial charge in [0.05, 0.1) is 18.0 Å². The van der Waals surface area contributed by atoms with Crippen molar-refractivity contribution in [3.8, 4) is 22.7 Å². The van der Waals surface area contributed by atoms with Gasteiger partial charge in [0.15, 0.2) is 0 Å². The maximum Gasteiger partial charge on any atom is 0.281 e. The van der Waals surface area contributed by atoms with Crippen LogP contribution in [0.3, 0.4) is 0 Å². The first kappa shape index (κ1) is 22.8. The molecule has 1 atom stereocenters. The molecule has 3 aromatic rings. The van der Waals surface area contributed by atoms with E-state index in [1.807, 2.05) is 60.1 Å². The lowest BCUT2D eigenvalue weighted by molar-refractivity contribution is 0.338. The second-order valence-electron chi connectivity index (χ2n) is 7.96. The van der Waals surface area contributed by atoms with E-state index in [0.717, 1.165) is 34.0 Å². The number of nitrogens with zero attached hydrogens (tertiary/aromatic N) is 4. The van der Waals surface area contributed by atoms with Crippen molar-refractivity contribution in [2.24, 2.45) is 0 Å². The van der Waals surface area contributed by atoms with Crippen LogP contribution in [-0.4, -0.2) is 60.6 Å². The zero-order chi connectivity index (χ0) is 23.0. The predicted molar refractivity (Wildman–Crippen MR) is 127 cm³/mol. The Morgan fingerprint density at radius 3 is 2.44 bits per heavy atom. The molecule has 0 saturated carbocycles. The van der Waals surface area contributed by atoms with Gasteiger partial charge in [0.25, 0.3) is 10.2 Å². The van der Waals surface area contributed by atoms with Gasteiger partial charge in [-0.25, -0.2) is 4.68 Å². The lowest BCUT2D eigenvalue weighted by atomic mass is 10.1. The summed E-state index contributed by atoms with van der Waals surface area (Å²) < 4.78 is 35.8. The number of rotatable bonds is 7. The standard InChI is InChI=1S/C23H27ClN4O3S/c1-5-31-22-9-7-6-8-21(22)28-23(16-10-12-17(24)13-11-16)19-14-18(15-20(19)25-28)27(4)32(29,30)26(2)3/h6-13,18H,5,14-15H2,1-4H3/t18-/m1/s1. The fourth-order valence-electron chi connectivity index (χ4n) is 4.10. The summed E-state index contributed by atoms with van der Waals surface area (Å²) in [6.07, 6.45) is 1.12. The molecule has 1 aliphatic rings. The Bertz CT molecular complexity index is 1220. The van der Waals surface area contributed by atoms with E-state index in [-0.39, 0.29) is 6.04 Å². The van der Waals surface area contributed by atoms with E-state index >= 15 is 0 Å². The minimum absolute atomic E-state index is 0.192. The first-order valence-electron chi connectivity index (χ1n) is 10.5. The minimum atomic E-state index is -3.52. The average molecular weight is 475 g/mol. The van der Waals surface area contributed by atoms with E-state index in [9.17, 15) is 8.42 Å². The van der Waals surface area contributed by atoms with Crippen LogP contribution in [0, 0.1) is 0 Å². The molecule has 0 amide bonds. The Morgan fingerprint density at radius 2 is 1.78 bits per heavy atom. The Kier molecular flexibility index (Phi) is 6.31. The van der Waals surface area contributed by atoms with Gasteiger partial charge in [0, 0.05) is 49.8 Å². The third-order valence-electron chi connectivity index (χ3n) is 5.79. The SMILES string of the molecule is CCOc1ccccc1-n1nc2c(c1-c1ccc(Cl)cc1)C[C@@H](N(C)S(=O)(=O)N(C)C)C2. The van der Waals surface area contributed by atoms with Crippen molar-refractivity contribution in [2.45, 2.75) is 25.8 Å². The van der Waals surface area contributed by atoms with E-state index in [1.54, 1.807) is 21.1 Å². The van der Waals surface area contributed by atoms with E-state index in [1.165, 1.54) is 8.61 Å². The molecule has 0 aliphatic heterocycles. The van der Waals surface area contributed by atoms with E-state index < -0.39 is 10.2 Å². The first-order chi connectivity index (χ1) is 15.2. The number of benzene rings is 2. The topological polar surface area (TPSA) is 67.7 Å². The van der Waals surface area contributed by atoms with Gasteiger partial charge < -0.3 is 4.74 Å². The van der Waals surface area contributed by atoms with Gasteiger partial charge in [0.2, 0.25) is 0 Å². The molecule has 7 nitrogen and oxygen atoms in total. The van der Waals surface area contributed by atoms with Crippen molar-refractivity contribution in [3.63, 3.8) is 0 Å². The molecule has 170 valence electrons. The van der Waals surface area contributed by atoms with Crippen LogP contribution in [0.1, 0.15) is 18.2 Å². The van der Waals surface area contributed by atoms with E-state index in [4.69, 9.17) is 21.4 Å². The van der Waals surface area contributed by atoms with Gasteiger partial charge >= 0.3 is 0 Å². The molecule has 2 aromatic carbocycles. The summed E-state index contributed by atoms with van der Waals surface area (Å²) in [5, 5.41) is 5.58. The number of fused-ring (bicyclic) bond motifs is 1. The number of aromatic nitrogens is 2. The van der Waals surface area contributed by atoms with Crippen LogP contribution in [0.2, 0.25) is 5.02 Å². The van der Waals surface area contributed by atoms with Crippen molar-refractivity contribution in [3.05, 3.63) is 64.8 Å². The van der Waals surface area contributed by atoms with E-state index in [0.29, 0.717) is 24.5 Å². The number of ether oxygens (including phenoxy) is 1. The van der Waals surface area contributed by atoms with Gasteiger partial charge in [-0.3, -0.25) is 0 Å². The molecule has 0 saturated heterocycles. The zero-order valence-corrected chi connectivity index (χ0v) is 20.2.